The molecule has 0 aliphatic rings. The van der Waals surface area contributed by atoms with E-state index in [1.165, 1.54) is 12.3 Å². The highest BCUT2D eigenvalue weighted by molar-refractivity contribution is 7.69. The third-order valence-electron chi connectivity index (χ3n) is 5.47. The predicted octanol–water partition coefficient (Wildman–Crippen LogP) is 6.09. The molecule has 3 heterocycles. The first-order valence-corrected chi connectivity index (χ1v) is 13.5. The van der Waals surface area contributed by atoms with Crippen LogP contribution in [0.5, 0.6) is 0 Å². The van der Waals surface area contributed by atoms with E-state index < -0.39 is 13.0 Å². The van der Waals surface area contributed by atoms with Crippen molar-refractivity contribution in [3.8, 4) is 17.3 Å². The minimum Gasteiger partial charge on any atom is -0.375 e. The van der Waals surface area contributed by atoms with Gasteiger partial charge in [0.05, 0.1) is 39.0 Å². The van der Waals surface area contributed by atoms with E-state index in [0.717, 1.165) is 5.56 Å². The first-order chi connectivity index (χ1) is 16.1. The Morgan fingerprint density at radius 1 is 1.18 bits per heavy atom. The van der Waals surface area contributed by atoms with E-state index in [9.17, 15) is 9.83 Å². The summed E-state index contributed by atoms with van der Waals surface area (Å²) in [6, 6.07) is 13.8. The molecule has 0 spiro atoms. The van der Waals surface area contributed by atoms with Gasteiger partial charge in [-0.1, -0.05) is 23.7 Å². The summed E-state index contributed by atoms with van der Waals surface area (Å²) >= 11 is 6.62. The molecule has 9 heteroatoms. The van der Waals surface area contributed by atoms with Gasteiger partial charge in [-0.15, -0.1) is 0 Å². The van der Waals surface area contributed by atoms with E-state index in [-0.39, 0.29) is 11.7 Å². The van der Waals surface area contributed by atoms with Crippen LogP contribution in [0.25, 0.3) is 22.3 Å². The number of rotatable bonds is 5. The fourth-order valence-electron chi connectivity index (χ4n) is 3.62. The van der Waals surface area contributed by atoms with Gasteiger partial charge in [-0.25, -0.2) is 14.4 Å². The Morgan fingerprint density at radius 3 is 2.59 bits per heavy atom. The highest BCUT2D eigenvalue weighted by atomic mass is 35.5. The Morgan fingerprint density at radius 2 is 1.94 bits per heavy atom. The van der Waals surface area contributed by atoms with Crippen LogP contribution in [0.3, 0.4) is 0 Å². The summed E-state index contributed by atoms with van der Waals surface area (Å²) in [5.74, 6) is -0.548. The number of benzene rings is 1. The molecule has 6 nitrogen and oxygen atoms in total. The number of anilines is 1. The molecule has 4 aromatic rings. The van der Waals surface area contributed by atoms with E-state index in [1.54, 1.807) is 44.5 Å². The average molecular weight is 494 g/mol. The SMILES string of the molecule is Cc1nc2cc(F)c(-c3ccc(P(C)(C)=O)nc3)nc2c(NC(C)c2cccc(C#N)c2)c1Cl. The minimum atomic E-state index is -2.53. The molecule has 1 N–H and O–H groups in total. The number of fused-ring (bicyclic) bond motifs is 1. The molecule has 0 aliphatic carbocycles. The Bertz CT molecular complexity index is 1490. The van der Waals surface area contributed by atoms with Crippen molar-refractivity contribution in [1.82, 2.24) is 15.0 Å². The summed E-state index contributed by atoms with van der Waals surface area (Å²) in [6.07, 6.45) is 1.47. The number of hydrogen-bond acceptors (Lipinski definition) is 6. The molecule has 0 bridgehead atoms. The molecule has 0 radical (unpaired) electrons. The maximum Gasteiger partial charge on any atom is 0.151 e. The van der Waals surface area contributed by atoms with E-state index in [1.807, 2.05) is 19.1 Å². The van der Waals surface area contributed by atoms with Crippen molar-refractivity contribution in [1.29, 1.82) is 5.26 Å². The zero-order valence-electron chi connectivity index (χ0n) is 19.1. The molecular weight excluding hydrogens is 472 g/mol. The molecule has 1 unspecified atom stereocenters. The lowest BCUT2D eigenvalue weighted by atomic mass is 10.0. The number of nitrogens with one attached hydrogen (secondary N) is 1. The topological polar surface area (TPSA) is 91.6 Å². The van der Waals surface area contributed by atoms with Gasteiger partial charge in [0.15, 0.2) is 5.82 Å². The first-order valence-electron chi connectivity index (χ1n) is 10.5. The smallest absolute Gasteiger partial charge is 0.151 e. The van der Waals surface area contributed by atoms with Crippen LogP contribution in [0.15, 0.2) is 48.7 Å². The van der Waals surface area contributed by atoms with Gasteiger partial charge in [-0.05, 0) is 57.0 Å². The zero-order valence-corrected chi connectivity index (χ0v) is 20.7. The van der Waals surface area contributed by atoms with Gasteiger partial charge in [0.25, 0.3) is 0 Å². The van der Waals surface area contributed by atoms with E-state index in [4.69, 9.17) is 11.6 Å². The number of halogens is 2. The summed E-state index contributed by atoms with van der Waals surface area (Å²) in [4.78, 5) is 13.2. The first kappa shape index (κ1) is 23.8. The molecule has 0 aliphatic heterocycles. The Labute approximate surface area is 202 Å². The highest BCUT2D eigenvalue weighted by Gasteiger charge is 2.20. The van der Waals surface area contributed by atoms with Crippen molar-refractivity contribution in [3.63, 3.8) is 0 Å². The van der Waals surface area contributed by atoms with E-state index in [2.05, 4.69) is 26.3 Å². The number of nitrogens with zero attached hydrogens (tertiary/aromatic N) is 4. The van der Waals surface area contributed by atoms with Gasteiger partial charge >= 0.3 is 0 Å². The minimum absolute atomic E-state index is 0.0949. The maximum absolute atomic E-state index is 15.0. The normalized spacial score (nSPS) is 12.4. The van der Waals surface area contributed by atoms with Crippen molar-refractivity contribution in [2.75, 3.05) is 18.6 Å². The van der Waals surface area contributed by atoms with Crippen molar-refractivity contribution in [2.45, 2.75) is 19.9 Å². The molecule has 1 atom stereocenters. The van der Waals surface area contributed by atoms with Gasteiger partial charge in [0, 0.05) is 23.9 Å². The maximum atomic E-state index is 15.0. The van der Waals surface area contributed by atoms with Crippen molar-refractivity contribution >= 4 is 40.9 Å². The molecule has 0 amide bonds. The summed E-state index contributed by atoms with van der Waals surface area (Å²) < 4.78 is 27.3. The molecule has 0 fully saturated rings. The Balaban J connectivity index is 1.82. The van der Waals surface area contributed by atoms with Crippen molar-refractivity contribution < 1.29 is 8.96 Å². The summed E-state index contributed by atoms with van der Waals surface area (Å²) in [7, 11) is -2.53. The van der Waals surface area contributed by atoms with Crippen LogP contribution in [0.2, 0.25) is 5.02 Å². The summed E-state index contributed by atoms with van der Waals surface area (Å²) in [5.41, 5.74) is 4.29. The van der Waals surface area contributed by atoms with Crippen molar-refractivity contribution in [2.24, 2.45) is 0 Å². The van der Waals surface area contributed by atoms with Gasteiger partial charge in [0.1, 0.15) is 18.4 Å². The molecule has 0 saturated heterocycles. The third kappa shape index (κ3) is 4.65. The number of aromatic nitrogens is 3. The second-order valence-electron chi connectivity index (χ2n) is 8.43. The van der Waals surface area contributed by atoms with Crippen LogP contribution in [0.1, 0.15) is 29.8 Å². The van der Waals surface area contributed by atoms with E-state index >= 15 is 4.39 Å². The lowest BCUT2D eigenvalue weighted by Crippen LogP contribution is -2.10. The highest BCUT2D eigenvalue weighted by Crippen LogP contribution is 2.37. The third-order valence-corrected chi connectivity index (χ3v) is 7.30. The molecule has 4 rings (SSSR count). The predicted molar refractivity (Wildman–Crippen MR) is 135 cm³/mol. The number of nitriles is 1. The van der Waals surface area contributed by atoms with Gasteiger partial charge in [0.2, 0.25) is 0 Å². The summed E-state index contributed by atoms with van der Waals surface area (Å²) in [5, 5.41) is 13.0. The van der Waals surface area contributed by atoms with Crippen LogP contribution in [-0.4, -0.2) is 28.3 Å². The fourth-order valence-corrected chi connectivity index (χ4v) is 4.57. The van der Waals surface area contributed by atoms with Crippen LogP contribution < -0.4 is 10.8 Å². The second kappa shape index (κ2) is 9.13. The number of aryl methyl sites for hydroxylation is 1. The molecule has 34 heavy (non-hydrogen) atoms. The number of pyridine rings is 3. The monoisotopic (exact) mass is 493 g/mol. The molecule has 1 aromatic carbocycles. The van der Waals surface area contributed by atoms with Crippen LogP contribution >= 0.6 is 18.7 Å². The second-order valence-corrected chi connectivity index (χ2v) is 12.0. The van der Waals surface area contributed by atoms with Crippen LogP contribution in [-0.2, 0) is 4.57 Å². The molecule has 3 aromatic heterocycles. The largest absolute Gasteiger partial charge is 0.375 e. The van der Waals surface area contributed by atoms with Gasteiger partial charge in [-0.2, -0.15) is 5.26 Å². The Hall–Kier alpha value is -3.33. The molecule has 172 valence electrons. The lowest BCUT2D eigenvalue weighted by molar-refractivity contribution is 0.588. The number of hydrogen-bond donors (Lipinski definition) is 1. The van der Waals surface area contributed by atoms with Crippen LogP contribution in [0, 0.1) is 24.1 Å². The van der Waals surface area contributed by atoms with Gasteiger partial charge < -0.3 is 9.88 Å². The quantitative estimate of drug-likeness (QED) is 0.338. The standard InChI is InChI=1S/C25H22ClFN5OP/c1-14(17-7-5-6-16(10-17)12-28)31-25-22(26)15(2)30-20-11-19(27)23(32-24(20)25)18-8-9-21(29-13-18)34(3,4)33/h5-11,13-14H,1-4H3,(H,30,31). The molecular formula is C25H22ClFN5OP. The van der Waals surface area contributed by atoms with Crippen LogP contribution in [0.4, 0.5) is 10.1 Å². The fraction of sp³-hybridized carbons (Fsp3) is 0.200. The zero-order chi connectivity index (χ0) is 24.6. The average Bonchev–Trinajstić information content (AvgIpc) is 2.81. The van der Waals surface area contributed by atoms with Crippen molar-refractivity contribution in [3.05, 3.63) is 76.3 Å². The summed E-state index contributed by atoms with van der Waals surface area (Å²) in [6.45, 7) is 6.95. The Kier molecular flexibility index (Phi) is 6.40. The molecule has 0 saturated carbocycles. The lowest BCUT2D eigenvalue weighted by Gasteiger charge is -2.19. The van der Waals surface area contributed by atoms with E-state index in [0.29, 0.717) is 44.0 Å². The van der Waals surface area contributed by atoms with Gasteiger partial charge in [-0.3, -0.25) is 4.98 Å².